The van der Waals surface area contributed by atoms with Gasteiger partial charge >= 0.3 is 0 Å². The lowest BCUT2D eigenvalue weighted by Crippen LogP contribution is -2.17. The molecule has 0 heterocycles. The first-order chi connectivity index (χ1) is 16.4. The Morgan fingerprint density at radius 1 is 0.364 bits per heavy atom. The van der Waals surface area contributed by atoms with Crippen LogP contribution in [0.5, 0.6) is 0 Å². The maximum absolute atomic E-state index is 5.65. The molecule has 200 valence electrons. The molecular formula is C27H57NO5. The molecule has 0 aliphatic carbocycles. The third-order valence-electron chi connectivity index (χ3n) is 5.63. The van der Waals surface area contributed by atoms with E-state index in [0.717, 1.165) is 19.8 Å². The molecule has 0 amide bonds. The summed E-state index contributed by atoms with van der Waals surface area (Å²) < 4.78 is 27.4. The van der Waals surface area contributed by atoms with Crippen LogP contribution in [0.15, 0.2) is 0 Å². The molecule has 0 atom stereocenters. The Bertz CT molecular complexity index is 304. The van der Waals surface area contributed by atoms with Gasteiger partial charge in [0, 0.05) is 13.2 Å². The smallest absolute Gasteiger partial charge is 0.0701 e. The van der Waals surface area contributed by atoms with Gasteiger partial charge in [-0.1, -0.05) is 90.4 Å². The monoisotopic (exact) mass is 475 g/mol. The molecule has 0 spiro atoms. The minimum atomic E-state index is 0.593. The zero-order chi connectivity index (χ0) is 23.9. The molecule has 0 fully saturated rings. The van der Waals surface area contributed by atoms with Crippen molar-refractivity contribution < 1.29 is 23.7 Å². The van der Waals surface area contributed by atoms with Crippen LogP contribution in [0.3, 0.4) is 0 Å². The van der Waals surface area contributed by atoms with E-state index >= 15 is 0 Å². The van der Waals surface area contributed by atoms with Crippen molar-refractivity contribution in [3.8, 4) is 0 Å². The van der Waals surface area contributed by atoms with Gasteiger partial charge in [-0.15, -0.1) is 0 Å². The van der Waals surface area contributed by atoms with Gasteiger partial charge in [0.15, 0.2) is 0 Å². The topological polar surface area (TPSA) is 58.2 Å². The Kier molecular flexibility index (Phi) is 31.5. The second kappa shape index (κ2) is 31.8. The van der Waals surface area contributed by atoms with E-state index in [1.54, 1.807) is 0 Å². The average molecular weight is 476 g/mol. The molecule has 6 nitrogen and oxygen atoms in total. The van der Waals surface area contributed by atoms with Gasteiger partial charge in [-0.25, -0.2) is 0 Å². The molecule has 0 aromatic carbocycles. The molecule has 0 saturated heterocycles. The third-order valence-corrected chi connectivity index (χ3v) is 5.63. The number of likely N-dealkylation sites (N-methyl/N-ethyl adjacent to an activating group) is 1. The first-order valence-electron chi connectivity index (χ1n) is 13.9. The number of unbranched alkanes of at least 4 members (excludes halogenated alkanes) is 13. The van der Waals surface area contributed by atoms with Crippen LogP contribution in [-0.2, 0) is 23.7 Å². The van der Waals surface area contributed by atoms with Crippen LogP contribution in [0.2, 0.25) is 0 Å². The summed E-state index contributed by atoms with van der Waals surface area (Å²) in [4.78, 5) is 0. The minimum Gasteiger partial charge on any atom is -0.379 e. The van der Waals surface area contributed by atoms with Crippen molar-refractivity contribution in [3.63, 3.8) is 0 Å². The molecule has 0 unspecified atom stereocenters. The predicted octanol–water partition coefficient (Wildman–Crippen LogP) is 5.77. The second-order valence-electron chi connectivity index (χ2n) is 8.76. The predicted molar refractivity (Wildman–Crippen MR) is 138 cm³/mol. The van der Waals surface area contributed by atoms with E-state index in [2.05, 4.69) is 12.2 Å². The summed E-state index contributed by atoms with van der Waals surface area (Å²) in [5.41, 5.74) is 0. The van der Waals surface area contributed by atoms with E-state index in [4.69, 9.17) is 23.7 Å². The molecule has 1 N–H and O–H groups in total. The van der Waals surface area contributed by atoms with Crippen molar-refractivity contribution in [2.75, 3.05) is 79.7 Å². The van der Waals surface area contributed by atoms with Crippen LogP contribution >= 0.6 is 0 Å². The molecule has 0 saturated carbocycles. The van der Waals surface area contributed by atoms with Crippen LogP contribution in [0.1, 0.15) is 96.8 Å². The highest BCUT2D eigenvalue weighted by molar-refractivity contribution is 4.49. The molecule has 0 aromatic heterocycles. The molecule has 0 bridgehead atoms. The third kappa shape index (κ3) is 31.8. The van der Waals surface area contributed by atoms with Gasteiger partial charge in [-0.05, 0) is 13.5 Å². The van der Waals surface area contributed by atoms with Crippen LogP contribution in [0.4, 0.5) is 0 Å². The van der Waals surface area contributed by atoms with Crippen LogP contribution in [0.25, 0.3) is 0 Å². The summed E-state index contributed by atoms with van der Waals surface area (Å²) in [6.45, 7) is 9.68. The van der Waals surface area contributed by atoms with Gasteiger partial charge in [-0.3, -0.25) is 0 Å². The van der Waals surface area contributed by atoms with Crippen molar-refractivity contribution in [1.82, 2.24) is 5.32 Å². The number of hydrogen-bond acceptors (Lipinski definition) is 6. The largest absolute Gasteiger partial charge is 0.379 e. The first kappa shape index (κ1) is 32.8. The molecule has 0 aromatic rings. The summed E-state index contributed by atoms with van der Waals surface area (Å²) in [5.74, 6) is 0. The average Bonchev–Trinajstić information content (AvgIpc) is 2.83. The van der Waals surface area contributed by atoms with E-state index in [1.807, 2.05) is 7.05 Å². The van der Waals surface area contributed by atoms with Crippen molar-refractivity contribution in [2.45, 2.75) is 96.8 Å². The highest BCUT2D eigenvalue weighted by Crippen LogP contribution is 2.12. The van der Waals surface area contributed by atoms with Crippen LogP contribution in [0, 0.1) is 0 Å². The minimum absolute atomic E-state index is 0.593. The number of rotatable bonds is 30. The zero-order valence-electron chi connectivity index (χ0n) is 22.2. The maximum atomic E-state index is 5.65. The molecular weight excluding hydrogens is 418 g/mol. The standard InChI is InChI=1S/C27H57NO5/c1-3-4-5-6-7-8-9-10-11-12-13-14-15-16-18-29-20-22-31-24-26-33-27-25-32-23-21-30-19-17-28-2/h28H,3-27H2,1-2H3. The Morgan fingerprint density at radius 2 is 0.667 bits per heavy atom. The summed E-state index contributed by atoms with van der Waals surface area (Å²) in [5, 5.41) is 3.03. The molecule has 6 heteroatoms. The fourth-order valence-electron chi connectivity index (χ4n) is 3.55. The molecule has 0 aliphatic rings. The molecule has 33 heavy (non-hydrogen) atoms. The number of ether oxygens (including phenoxy) is 5. The first-order valence-corrected chi connectivity index (χ1v) is 13.9. The highest BCUT2D eigenvalue weighted by atomic mass is 16.6. The normalized spacial score (nSPS) is 11.5. The van der Waals surface area contributed by atoms with Gasteiger partial charge < -0.3 is 29.0 Å². The van der Waals surface area contributed by atoms with Crippen molar-refractivity contribution in [2.24, 2.45) is 0 Å². The number of nitrogens with one attached hydrogen (secondary N) is 1. The lowest BCUT2D eigenvalue weighted by atomic mass is 10.0. The number of hydrogen-bond donors (Lipinski definition) is 1. The Hall–Kier alpha value is -0.240. The highest BCUT2D eigenvalue weighted by Gasteiger charge is 1.96. The second-order valence-corrected chi connectivity index (χ2v) is 8.76. The zero-order valence-corrected chi connectivity index (χ0v) is 22.2. The summed E-state index contributed by atoms with van der Waals surface area (Å²) in [6.07, 6.45) is 19.4. The SMILES string of the molecule is CCCCCCCCCCCCCCCCOCCOCCOCCOCCOCCNC. The lowest BCUT2D eigenvalue weighted by molar-refractivity contribution is -0.0109. The lowest BCUT2D eigenvalue weighted by Gasteiger charge is -2.08. The van der Waals surface area contributed by atoms with E-state index in [1.165, 1.54) is 89.9 Å². The summed E-state index contributed by atoms with van der Waals surface area (Å²) >= 11 is 0. The molecule has 0 radical (unpaired) electrons. The summed E-state index contributed by atoms with van der Waals surface area (Å²) in [6, 6.07) is 0. The van der Waals surface area contributed by atoms with Gasteiger partial charge in [0.1, 0.15) is 0 Å². The molecule has 0 aliphatic heterocycles. The Balaban J connectivity index is 2.99. The van der Waals surface area contributed by atoms with Crippen molar-refractivity contribution in [1.29, 1.82) is 0 Å². The quantitative estimate of drug-likeness (QED) is 0.133. The molecule has 0 rings (SSSR count). The van der Waals surface area contributed by atoms with Gasteiger partial charge in [0.2, 0.25) is 0 Å². The summed E-state index contributed by atoms with van der Waals surface area (Å²) in [7, 11) is 1.91. The van der Waals surface area contributed by atoms with Crippen LogP contribution in [-0.4, -0.2) is 79.7 Å². The fraction of sp³-hybridized carbons (Fsp3) is 1.00. The van der Waals surface area contributed by atoms with Crippen LogP contribution < -0.4 is 5.32 Å². The fourth-order valence-corrected chi connectivity index (χ4v) is 3.55. The Labute approximate surface area is 205 Å². The van der Waals surface area contributed by atoms with E-state index in [0.29, 0.717) is 52.9 Å². The van der Waals surface area contributed by atoms with E-state index in [-0.39, 0.29) is 0 Å². The van der Waals surface area contributed by atoms with Crippen molar-refractivity contribution >= 4 is 0 Å². The maximum Gasteiger partial charge on any atom is 0.0701 e. The van der Waals surface area contributed by atoms with Gasteiger partial charge in [0.25, 0.3) is 0 Å². The van der Waals surface area contributed by atoms with Gasteiger partial charge in [-0.2, -0.15) is 0 Å². The van der Waals surface area contributed by atoms with E-state index < -0.39 is 0 Å². The van der Waals surface area contributed by atoms with E-state index in [9.17, 15) is 0 Å². The van der Waals surface area contributed by atoms with Crippen molar-refractivity contribution in [3.05, 3.63) is 0 Å². The van der Waals surface area contributed by atoms with Gasteiger partial charge in [0.05, 0.1) is 59.5 Å². The Morgan fingerprint density at radius 3 is 1.03 bits per heavy atom.